The van der Waals surface area contributed by atoms with Crippen LogP contribution in [0.5, 0.6) is 0 Å². The van der Waals surface area contributed by atoms with Gasteiger partial charge in [0.15, 0.2) is 0 Å². The van der Waals surface area contributed by atoms with Crippen molar-refractivity contribution in [3.8, 4) is 0 Å². The SMILES string of the molecule is CCNc1nc(NCCOCC2CC2)c2ccccc2n1. The predicted octanol–water partition coefficient (Wildman–Crippen LogP) is 2.90. The molecule has 2 aromatic rings. The first-order valence-electron chi connectivity index (χ1n) is 7.69. The van der Waals surface area contributed by atoms with Crippen LogP contribution in [0.2, 0.25) is 0 Å². The maximum absolute atomic E-state index is 5.65. The van der Waals surface area contributed by atoms with Crippen LogP contribution < -0.4 is 10.6 Å². The van der Waals surface area contributed by atoms with Crippen LogP contribution in [0.4, 0.5) is 11.8 Å². The summed E-state index contributed by atoms with van der Waals surface area (Å²) in [4.78, 5) is 9.05. The molecule has 5 nitrogen and oxygen atoms in total. The number of benzene rings is 1. The van der Waals surface area contributed by atoms with Crippen molar-refractivity contribution in [2.75, 3.05) is 36.9 Å². The van der Waals surface area contributed by atoms with Gasteiger partial charge < -0.3 is 15.4 Å². The van der Waals surface area contributed by atoms with Crippen LogP contribution in [-0.4, -0.2) is 36.3 Å². The molecule has 1 aromatic heterocycles. The van der Waals surface area contributed by atoms with Crippen molar-refractivity contribution in [2.24, 2.45) is 5.92 Å². The van der Waals surface area contributed by atoms with Crippen molar-refractivity contribution in [3.63, 3.8) is 0 Å². The van der Waals surface area contributed by atoms with Crippen molar-refractivity contribution in [3.05, 3.63) is 24.3 Å². The summed E-state index contributed by atoms with van der Waals surface area (Å²) in [7, 11) is 0. The Labute approximate surface area is 125 Å². The Kier molecular flexibility index (Phi) is 4.50. The minimum Gasteiger partial charge on any atom is -0.379 e. The molecule has 0 unspecified atom stereocenters. The third-order valence-electron chi connectivity index (χ3n) is 3.53. The zero-order valence-electron chi connectivity index (χ0n) is 12.4. The van der Waals surface area contributed by atoms with Crippen molar-refractivity contribution in [1.29, 1.82) is 0 Å². The zero-order valence-corrected chi connectivity index (χ0v) is 12.4. The quantitative estimate of drug-likeness (QED) is 0.731. The van der Waals surface area contributed by atoms with E-state index in [0.717, 1.165) is 42.3 Å². The van der Waals surface area contributed by atoms with Crippen molar-refractivity contribution in [2.45, 2.75) is 19.8 Å². The minimum atomic E-state index is 0.664. The Hall–Kier alpha value is -1.88. The molecule has 0 bridgehead atoms. The first-order valence-corrected chi connectivity index (χ1v) is 7.69. The first kappa shape index (κ1) is 14.1. The second-order valence-electron chi connectivity index (χ2n) is 5.39. The monoisotopic (exact) mass is 286 g/mol. The molecule has 1 saturated carbocycles. The molecule has 3 rings (SSSR count). The fraction of sp³-hybridized carbons (Fsp3) is 0.500. The number of nitrogens with one attached hydrogen (secondary N) is 2. The molecule has 0 radical (unpaired) electrons. The molecule has 0 saturated heterocycles. The highest BCUT2D eigenvalue weighted by atomic mass is 16.5. The summed E-state index contributed by atoms with van der Waals surface area (Å²) in [5, 5.41) is 7.58. The van der Waals surface area contributed by atoms with Crippen molar-refractivity contribution in [1.82, 2.24) is 9.97 Å². The van der Waals surface area contributed by atoms with Crippen LogP contribution in [0.25, 0.3) is 10.9 Å². The summed E-state index contributed by atoms with van der Waals surface area (Å²) in [6.45, 7) is 5.22. The predicted molar refractivity (Wildman–Crippen MR) is 85.7 cm³/mol. The molecule has 21 heavy (non-hydrogen) atoms. The molecule has 2 N–H and O–H groups in total. The highest BCUT2D eigenvalue weighted by Crippen LogP contribution is 2.28. The minimum absolute atomic E-state index is 0.664. The molecule has 0 aliphatic heterocycles. The third kappa shape index (κ3) is 3.82. The summed E-state index contributed by atoms with van der Waals surface area (Å²) in [5.41, 5.74) is 0.949. The van der Waals surface area contributed by atoms with Crippen LogP contribution in [0, 0.1) is 5.92 Å². The lowest BCUT2D eigenvalue weighted by molar-refractivity contribution is 0.134. The summed E-state index contributed by atoms with van der Waals surface area (Å²) in [5.74, 6) is 2.34. The molecular weight excluding hydrogens is 264 g/mol. The number of hydrogen-bond acceptors (Lipinski definition) is 5. The van der Waals surface area contributed by atoms with Gasteiger partial charge in [-0.2, -0.15) is 4.98 Å². The Bertz CT molecular complexity index is 598. The average Bonchev–Trinajstić information content (AvgIpc) is 3.31. The smallest absolute Gasteiger partial charge is 0.225 e. The van der Waals surface area contributed by atoms with Crippen LogP contribution in [-0.2, 0) is 4.74 Å². The fourth-order valence-corrected chi connectivity index (χ4v) is 2.22. The molecule has 0 amide bonds. The van der Waals surface area contributed by atoms with Gasteiger partial charge in [-0.15, -0.1) is 0 Å². The molecule has 112 valence electrons. The molecule has 1 aliphatic carbocycles. The molecule has 1 aromatic carbocycles. The maximum Gasteiger partial charge on any atom is 0.225 e. The van der Waals surface area contributed by atoms with Gasteiger partial charge in [-0.3, -0.25) is 0 Å². The largest absolute Gasteiger partial charge is 0.379 e. The molecule has 1 aliphatic rings. The Morgan fingerprint density at radius 2 is 2.05 bits per heavy atom. The number of rotatable bonds is 8. The van der Waals surface area contributed by atoms with E-state index in [-0.39, 0.29) is 0 Å². The number of ether oxygens (including phenoxy) is 1. The van der Waals surface area contributed by atoms with Crippen molar-refractivity contribution >= 4 is 22.7 Å². The van der Waals surface area contributed by atoms with Gasteiger partial charge in [0, 0.05) is 25.1 Å². The van der Waals surface area contributed by atoms with E-state index in [9.17, 15) is 0 Å². The Balaban J connectivity index is 1.66. The van der Waals surface area contributed by atoms with Gasteiger partial charge in [0.05, 0.1) is 12.1 Å². The average molecular weight is 286 g/mol. The van der Waals surface area contributed by atoms with E-state index < -0.39 is 0 Å². The lowest BCUT2D eigenvalue weighted by atomic mass is 10.2. The van der Waals surface area contributed by atoms with E-state index in [1.54, 1.807) is 0 Å². The van der Waals surface area contributed by atoms with Crippen LogP contribution >= 0.6 is 0 Å². The van der Waals surface area contributed by atoms with E-state index in [1.807, 2.05) is 31.2 Å². The lowest BCUT2D eigenvalue weighted by Gasteiger charge is -2.11. The van der Waals surface area contributed by atoms with Gasteiger partial charge >= 0.3 is 0 Å². The van der Waals surface area contributed by atoms with Gasteiger partial charge in [0.1, 0.15) is 5.82 Å². The lowest BCUT2D eigenvalue weighted by Crippen LogP contribution is -2.13. The molecule has 1 heterocycles. The van der Waals surface area contributed by atoms with Gasteiger partial charge in [-0.05, 0) is 37.8 Å². The van der Waals surface area contributed by atoms with Crippen LogP contribution in [0.15, 0.2) is 24.3 Å². The summed E-state index contributed by atoms with van der Waals surface area (Å²) >= 11 is 0. The molecule has 1 fully saturated rings. The van der Waals surface area contributed by atoms with Crippen molar-refractivity contribution < 1.29 is 4.74 Å². The highest BCUT2D eigenvalue weighted by Gasteiger charge is 2.20. The summed E-state index contributed by atoms with van der Waals surface area (Å²) in [6.07, 6.45) is 2.66. The topological polar surface area (TPSA) is 59.1 Å². The van der Waals surface area contributed by atoms with Gasteiger partial charge in [0.25, 0.3) is 0 Å². The first-order chi connectivity index (χ1) is 10.4. The van der Waals surface area contributed by atoms with E-state index in [0.29, 0.717) is 12.6 Å². The van der Waals surface area contributed by atoms with E-state index in [1.165, 1.54) is 12.8 Å². The van der Waals surface area contributed by atoms with Gasteiger partial charge in [-0.25, -0.2) is 4.98 Å². The van der Waals surface area contributed by atoms with Gasteiger partial charge in [0.2, 0.25) is 5.95 Å². The third-order valence-corrected chi connectivity index (χ3v) is 3.53. The Morgan fingerprint density at radius 3 is 2.86 bits per heavy atom. The number of para-hydroxylation sites is 1. The number of anilines is 2. The number of aromatic nitrogens is 2. The molecule has 0 atom stereocenters. The van der Waals surface area contributed by atoms with E-state index >= 15 is 0 Å². The second-order valence-corrected chi connectivity index (χ2v) is 5.39. The number of fused-ring (bicyclic) bond motifs is 1. The fourth-order valence-electron chi connectivity index (χ4n) is 2.22. The second kappa shape index (κ2) is 6.72. The van der Waals surface area contributed by atoms with Gasteiger partial charge in [-0.1, -0.05) is 12.1 Å². The van der Waals surface area contributed by atoms with E-state index in [4.69, 9.17) is 4.74 Å². The summed E-state index contributed by atoms with van der Waals surface area (Å²) < 4.78 is 5.65. The molecule has 0 spiro atoms. The normalized spacial score (nSPS) is 14.3. The van der Waals surface area contributed by atoms with Crippen LogP contribution in [0.3, 0.4) is 0 Å². The Morgan fingerprint density at radius 1 is 1.19 bits per heavy atom. The van der Waals surface area contributed by atoms with Crippen LogP contribution in [0.1, 0.15) is 19.8 Å². The maximum atomic E-state index is 5.65. The summed E-state index contributed by atoms with van der Waals surface area (Å²) in [6, 6.07) is 8.05. The zero-order chi connectivity index (χ0) is 14.5. The number of nitrogens with zero attached hydrogens (tertiary/aromatic N) is 2. The number of hydrogen-bond donors (Lipinski definition) is 2. The standard InChI is InChI=1S/C16H22N4O/c1-2-17-16-19-14-6-4-3-5-13(14)15(20-16)18-9-10-21-11-12-7-8-12/h3-6,12H,2,7-11H2,1H3,(H2,17,18,19,20). The molecular formula is C16H22N4O. The highest BCUT2D eigenvalue weighted by molar-refractivity contribution is 5.89. The van der Waals surface area contributed by atoms with E-state index in [2.05, 4.69) is 20.6 Å². The molecule has 5 heteroatoms.